The summed E-state index contributed by atoms with van der Waals surface area (Å²) < 4.78 is 5.32. The van der Waals surface area contributed by atoms with E-state index in [1.54, 1.807) is 7.05 Å². The molecule has 1 unspecified atom stereocenters. The Morgan fingerprint density at radius 3 is 2.75 bits per heavy atom. The maximum Gasteiger partial charge on any atom is 0.0972 e. The van der Waals surface area contributed by atoms with Crippen LogP contribution in [0.15, 0.2) is 0 Å². The third-order valence-electron chi connectivity index (χ3n) is 1.70. The minimum Gasteiger partial charge on any atom is -0.381 e. The minimum atomic E-state index is -0.0633. The lowest BCUT2D eigenvalue weighted by Gasteiger charge is -2.07. The Labute approximate surface area is 74.7 Å². The maximum atomic E-state index is 8.56. The van der Waals surface area contributed by atoms with Crippen LogP contribution in [-0.2, 0) is 4.74 Å². The van der Waals surface area contributed by atoms with Gasteiger partial charge in [-0.15, -0.1) is 0 Å². The van der Waals surface area contributed by atoms with Crippen LogP contribution in [0.1, 0.15) is 26.2 Å². The second-order valence-corrected chi connectivity index (χ2v) is 2.72. The maximum absolute atomic E-state index is 8.56. The van der Waals surface area contributed by atoms with Crippen molar-refractivity contribution in [1.29, 1.82) is 5.26 Å². The molecule has 0 fully saturated rings. The minimum absolute atomic E-state index is 0.0633. The van der Waals surface area contributed by atoms with Crippen LogP contribution in [0.4, 0.5) is 0 Å². The first-order valence-corrected chi connectivity index (χ1v) is 4.49. The van der Waals surface area contributed by atoms with E-state index in [1.807, 2.05) is 0 Å². The summed E-state index contributed by atoms with van der Waals surface area (Å²) in [7, 11) is 1.79. The van der Waals surface area contributed by atoms with Crippen LogP contribution in [0.5, 0.6) is 0 Å². The highest BCUT2D eigenvalue weighted by Crippen LogP contribution is 1.93. The molecule has 0 rings (SSSR count). The first-order valence-electron chi connectivity index (χ1n) is 4.49. The monoisotopic (exact) mass is 170 g/mol. The number of unbranched alkanes of at least 4 members (excludes halogenated alkanes) is 1. The second-order valence-electron chi connectivity index (χ2n) is 2.72. The van der Waals surface area contributed by atoms with Gasteiger partial charge in [0.25, 0.3) is 0 Å². The van der Waals surface area contributed by atoms with Crippen LogP contribution >= 0.6 is 0 Å². The van der Waals surface area contributed by atoms with E-state index in [0.29, 0.717) is 6.61 Å². The van der Waals surface area contributed by atoms with Gasteiger partial charge in [-0.05, 0) is 19.9 Å². The van der Waals surface area contributed by atoms with E-state index in [-0.39, 0.29) is 6.04 Å². The Bertz CT molecular complexity index is 131. The molecule has 0 bridgehead atoms. The number of hydrogen-bond acceptors (Lipinski definition) is 3. The Hall–Kier alpha value is -0.590. The van der Waals surface area contributed by atoms with Gasteiger partial charge in [0.1, 0.15) is 0 Å². The molecule has 0 aliphatic heterocycles. The van der Waals surface area contributed by atoms with Crippen LogP contribution in [-0.4, -0.2) is 26.3 Å². The van der Waals surface area contributed by atoms with Gasteiger partial charge in [0.2, 0.25) is 0 Å². The van der Waals surface area contributed by atoms with Crippen molar-refractivity contribution < 1.29 is 4.74 Å². The zero-order valence-corrected chi connectivity index (χ0v) is 7.97. The molecular formula is C9H18N2O. The Balaban J connectivity index is 3.13. The van der Waals surface area contributed by atoms with Crippen molar-refractivity contribution in [3.63, 3.8) is 0 Å². The van der Waals surface area contributed by atoms with E-state index < -0.39 is 0 Å². The Morgan fingerprint density at radius 2 is 2.25 bits per heavy atom. The molecule has 3 nitrogen and oxygen atoms in total. The van der Waals surface area contributed by atoms with Crippen LogP contribution < -0.4 is 5.32 Å². The predicted molar refractivity (Wildman–Crippen MR) is 48.8 cm³/mol. The van der Waals surface area contributed by atoms with E-state index >= 15 is 0 Å². The topological polar surface area (TPSA) is 45.0 Å². The van der Waals surface area contributed by atoms with Gasteiger partial charge in [-0.25, -0.2) is 0 Å². The van der Waals surface area contributed by atoms with Crippen molar-refractivity contribution in [3.05, 3.63) is 0 Å². The molecule has 1 atom stereocenters. The normalized spacial score (nSPS) is 12.4. The molecule has 0 aromatic heterocycles. The standard InChI is InChI=1S/C9H18N2O/c1-3-4-6-12-7-5-9(8-10)11-2/h9,11H,3-7H2,1-2H3. The van der Waals surface area contributed by atoms with Crippen molar-refractivity contribution in [2.24, 2.45) is 0 Å². The number of hydrogen-bond donors (Lipinski definition) is 1. The van der Waals surface area contributed by atoms with E-state index in [9.17, 15) is 0 Å². The van der Waals surface area contributed by atoms with E-state index in [1.165, 1.54) is 0 Å². The Kier molecular flexibility index (Phi) is 8.09. The number of ether oxygens (including phenoxy) is 1. The smallest absolute Gasteiger partial charge is 0.0972 e. The van der Waals surface area contributed by atoms with Gasteiger partial charge in [-0.3, -0.25) is 0 Å². The number of nitrogens with one attached hydrogen (secondary N) is 1. The zero-order chi connectivity index (χ0) is 9.23. The molecule has 0 radical (unpaired) electrons. The Morgan fingerprint density at radius 1 is 1.50 bits per heavy atom. The first kappa shape index (κ1) is 11.4. The van der Waals surface area contributed by atoms with Crippen molar-refractivity contribution in [2.45, 2.75) is 32.2 Å². The molecule has 70 valence electrons. The van der Waals surface area contributed by atoms with Crippen LogP contribution in [0, 0.1) is 11.3 Å². The van der Waals surface area contributed by atoms with E-state index in [0.717, 1.165) is 25.9 Å². The summed E-state index contributed by atoms with van der Waals surface area (Å²) >= 11 is 0. The fourth-order valence-corrected chi connectivity index (χ4v) is 0.823. The van der Waals surface area contributed by atoms with Crippen LogP contribution in [0.3, 0.4) is 0 Å². The van der Waals surface area contributed by atoms with Gasteiger partial charge >= 0.3 is 0 Å². The van der Waals surface area contributed by atoms with Gasteiger partial charge in [0.15, 0.2) is 0 Å². The van der Waals surface area contributed by atoms with E-state index in [2.05, 4.69) is 18.3 Å². The molecular weight excluding hydrogens is 152 g/mol. The summed E-state index contributed by atoms with van der Waals surface area (Å²) in [6, 6.07) is 2.09. The first-order chi connectivity index (χ1) is 5.85. The fourth-order valence-electron chi connectivity index (χ4n) is 0.823. The molecule has 0 amide bonds. The van der Waals surface area contributed by atoms with Gasteiger partial charge < -0.3 is 10.1 Å². The van der Waals surface area contributed by atoms with Crippen molar-refractivity contribution in [3.8, 4) is 6.07 Å². The zero-order valence-electron chi connectivity index (χ0n) is 7.97. The summed E-state index contributed by atoms with van der Waals surface area (Å²) in [6.45, 7) is 3.63. The third-order valence-corrected chi connectivity index (χ3v) is 1.70. The summed E-state index contributed by atoms with van der Waals surface area (Å²) in [5.41, 5.74) is 0. The molecule has 0 aliphatic rings. The van der Waals surface area contributed by atoms with Gasteiger partial charge in [-0.1, -0.05) is 13.3 Å². The molecule has 0 saturated carbocycles. The highest BCUT2D eigenvalue weighted by Gasteiger charge is 2.01. The molecule has 1 N–H and O–H groups in total. The molecule has 0 spiro atoms. The molecule has 12 heavy (non-hydrogen) atoms. The van der Waals surface area contributed by atoms with Crippen molar-refractivity contribution in [1.82, 2.24) is 5.32 Å². The average Bonchev–Trinajstić information content (AvgIpc) is 2.11. The molecule has 0 saturated heterocycles. The molecule has 0 aliphatic carbocycles. The summed E-state index contributed by atoms with van der Waals surface area (Å²) in [5, 5.41) is 11.5. The lowest BCUT2D eigenvalue weighted by Crippen LogP contribution is -2.24. The summed E-state index contributed by atoms with van der Waals surface area (Å²) in [5.74, 6) is 0. The average molecular weight is 170 g/mol. The largest absolute Gasteiger partial charge is 0.381 e. The van der Waals surface area contributed by atoms with Crippen LogP contribution in [0.2, 0.25) is 0 Å². The highest BCUT2D eigenvalue weighted by atomic mass is 16.5. The SMILES string of the molecule is CCCCOCCC(C#N)NC. The van der Waals surface area contributed by atoms with Crippen molar-refractivity contribution >= 4 is 0 Å². The molecule has 0 aromatic carbocycles. The summed E-state index contributed by atoms with van der Waals surface area (Å²) in [4.78, 5) is 0. The summed E-state index contributed by atoms with van der Waals surface area (Å²) in [6.07, 6.45) is 3.04. The van der Waals surface area contributed by atoms with Crippen LogP contribution in [0.25, 0.3) is 0 Å². The number of nitriles is 1. The molecule has 0 aromatic rings. The fraction of sp³-hybridized carbons (Fsp3) is 0.889. The quantitative estimate of drug-likeness (QED) is 0.586. The lowest BCUT2D eigenvalue weighted by molar-refractivity contribution is 0.125. The predicted octanol–water partition coefficient (Wildman–Crippen LogP) is 1.30. The second kappa shape index (κ2) is 8.51. The highest BCUT2D eigenvalue weighted by molar-refractivity contribution is 4.87. The molecule has 0 heterocycles. The van der Waals surface area contributed by atoms with E-state index in [4.69, 9.17) is 10.00 Å². The number of nitrogens with zero attached hydrogens (tertiary/aromatic N) is 1. The van der Waals surface area contributed by atoms with Crippen molar-refractivity contribution in [2.75, 3.05) is 20.3 Å². The number of rotatable bonds is 7. The van der Waals surface area contributed by atoms with Gasteiger partial charge in [0, 0.05) is 13.2 Å². The third kappa shape index (κ3) is 6.14. The van der Waals surface area contributed by atoms with Gasteiger partial charge in [0.05, 0.1) is 12.1 Å². The lowest BCUT2D eigenvalue weighted by atomic mass is 10.2. The molecule has 3 heteroatoms. The van der Waals surface area contributed by atoms with Gasteiger partial charge in [-0.2, -0.15) is 5.26 Å².